The van der Waals surface area contributed by atoms with Gasteiger partial charge in [-0.25, -0.2) is 9.18 Å². The maximum Gasteiger partial charge on any atom is 0.326 e. The lowest BCUT2D eigenvalue weighted by atomic mass is 10.1. The molecule has 0 fully saturated rings. The monoisotopic (exact) mass is 259 g/mol. The number of carboxylic acids is 1. The second kappa shape index (κ2) is 5.63. The first kappa shape index (κ1) is 13.4. The molecule has 1 unspecified atom stereocenters. The van der Waals surface area contributed by atoms with Crippen LogP contribution in [0, 0.1) is 5.82 Å². The molecule has 92 valence electrons. The highest BCUT2D eigenvalue weighted by molar-refractivity contribution is 6.30. The van der Waals surface area contributed by atoms with Crippen LogP contribution in [0.3, 0.4) is 0 Å². The predicted molar refractivity (Wildman–Crippen MR) is 60.6 cm³/mol. The lowest BCUT2D eigenvalue weighted by molar-refractivity contribution is -0.139. The van der Waals surface area contributed by atoms with E-state index in [2.05, 4.69) is 5.32 Å². The number of amides is 1. The van der Waals surface area contributed by atoms with Crippen LogP contribution in [0.2, 0.25) is 5.02 Å². The molecule has 1 aromatic carbocycles. The molecule has 1 aromatic rings. The number of rotatable bonds is 4. The number of hydrogen-bond donors (Lipinski definition) is 2. The predicted octanol–water partition coefficient (Wildman–Crippen LogP) is 2.07. The van der Waals surface area contributed by atoms with Gasteiger partial charge in [-0.05, 0) is 24.6 Å². The van der Waals surface area contributed by atoms with Gasteiger partial charge in [-0.3, -0.25) is 4.79 Å². The molecule has 6 heteroatoms. The van der Waals surface area contributed by atoms with E-state index in [-0.39, 0.29) is 17.0 Å². The van der Waals surface area contributed by atoms with Crippen molar-refractivity contribution < 1.29 is 19.1 Å². The zero-order valence-corrected chi connectivity index (χ0v) is 9.79. The Morgan fingerprint density at radius 2 is 2.18 bits per heavy atom. The maximum absolute atomic E-state index is 13.1. The first-order valence-corrected chi connectivity index (χ1v) is 5.32. The summed E-state index contributed by atoms with van der Waals surface area (Å²) in [5.74, 6) is -2.49. The summed E-state index contributed by atoms with van der Waals surface area (Å²) in [5, 5.41) is 10.9. The summed E-state index contributed by atoms with van der Waals surface area (Å²) in [7, 11) is 0. The summed E-state index contributed by atoms with van der Waals surface area (Å²) in [6.45, 7) is 1.63. The van der Waals surface area contributed by atoms with Crippen molar-refractivity contribution in [2.75, 3.05) is 0 Å². The van der Waals surface area contributed by atoms with E-state index in [1.54, 1.807) is 6.92 Å². The summed E-state index contributed by atoms with van der Waals surface area (Å²) in [6.07, 6.45) is 0.247. The molecule has 0 aliphatic rings. The number of carbonyl (C=O) groups excluding carboxylic acids is 1. The van der Waals surface area contributed by atoms with Crippen molar-refractivity contribution in [2.24, 2.45) is 0 Å². The molecule has 0 bridgehead atoms. The molecule has 0 saturated heterocycles. The molecular formula is C11H11ClFNO3. The Morgan fingerprint density at radius 3 is 2.65 bits per heavy atom. The zero-order chi connectivity index (χ0) is 13.0. The molecule has 0 radical (unpaired) electrons. The molecule has 17 heavy (non-hydrogen) atoms. The number of nitrogens with one attached hydrogen (secondary N) is 1. The molecule has 0 aliphatic carbocycles. The van der Waals surface area contributed by atoms with Gasteiger partial charge in [0.05, 0.1) is 5.02 Å². The van der Waals surface area contributed by atoms with Gasteiger partial charge in [0.1, 0.15) is 11.9 Å². The standard InChI is InChI=1S/C11H11ClFNO3/c1-2-9(11(16)17)14-10(15)6-3-4-7(12)8(13)5-6/h3-5,9H,2H2,1H3,(H,14,15)(H,16,17). The van der Waals surface area contributed by atoms with Crippen LogP contribution in [-0.2, 0) is 4.79 Å². The summed E-state index contributed by atoms with van der Waals surface area (Å²) in [6, 6.07) is 2.55. The average Bonchev–Trinajstić information content (AvgIpc) is 2.28. The summed E-state index contributed by atoms with van der Waals surface area (Å²) >= 11 is 5.47. The fourth-order valence-corrected chi connectivity index (χ4v) is 1.33. The summed E-state index contributed by atoms with van der Waals surface area (Å²) in [5.41, 5.74) is 0.0339. The molecular weight excluding hydrogens is 249 g/mol. The van der Waals surface area contributed by atoms with Gasteiger partial charge in [0.15, 0.2) is 0 Å². The largest absolute Gasteiger partial charge is 0.480 e. The molecule has 0 saturated carbocycles. The van der Waals surface area contributed by atoms with Crippen LogP contribution < -0.4 is 5.32 Å². The third-order valence-electron chi connectivity index (χ3n) is 2.19. The van der Waals surface area contributed by atoms with Crippen molar-refractivity contribution in [1.29, 1.82) is 0 Å². The van der Waals surface area contributed by atoms with Crippen molar-refractivity contribution >= 4 is 23.5 Å². The number of hydrogen-bond acceptors (Lipinski definition) is 2. The topological polar surface area (TPSA) is 66.4 Å². The lowest BCUT2D eigenvalue weighted by Gasteiger charge is -2.12. The second-order valence-corrected chi connectivity index (χ2v) is 3.81. The number of halogens is 2. The molecule has 1 amide bonds. The number of carboxylic acid groups (broad SMARTS) is 1. The molecule has 1 atom stereocenters. The molecule has 0 aliphatic heterocycles. The Morgan fingerprint density at radius 1 is 1.53 bits per heavy atom. The highest BCUT2D eigenvalue weighted by Crippen LogP contribution is 2.15. The molecule has 0 heterocycles. The average molecular weight is 260 g/mol. The van der Waals surface area contributed by atoms with E-state index in [1.807, 2.05) is 0 Å². The minimum Gasteiger partial charge on any atom is -0.480 e. The van der Waals surface area contributed by atoms with E-state index in [1.165, 1.54) is 12.1 Å². The molecule has 1 rings (SSSR count). The van der Waals surface area contributed by atoms with Gasteiger partial charge in [0.25, 0.3) is 5.91 Å². The first-order valence-electron chi connectivity index (χ1n) is 4.94. The van der Waals surface area contributed by atoms with Gasteiger partial charge >= 0.3 is 5.97 Å². The van der Waals surface area contributed by atoms with Crippen molar-refractivity contribution in [2.45, 2.75) is 19.4 Å². The van der Waals surface area contributed by atoms with E-state index in [0.717, 1.165) is 6.07 Å². The number of aliphatic carboxylic acids is 1. The van der Waals surface area contributed by atoms with Crippen molar-refractivity contribution in [1.82, 2.24) is 5.32 Å². The van der Waals surface area contributed by atoms with Gasteiger partial charge < -0.3 is 10.4 Å². The second-order valence-electron chi connectivity index (χ2n) is 3.40. The van der Waals surface area contributed by atoms with Crippen LogP contribution in [-0.4, -0.2) is 23.0 Å². The van der Waals surface area contributed by atoms with Crippen LogP contribution in [0.25, 0.3) is 0 Å². The number of carbonyl (C=O) groups is 2. The Balaban J connectivity index is 2.82. The third kappa shape index (κ3) is 3.42. The summed E-state index contributed by atoms with van der Waals surface area (Å²) in [4.78, 5) is 22.3. The van der Waals surface area contributed by atoms with Crippen molar-refractivity contribution in [3.63, 3.8) is 0 Å². The lowest BCUT2D eigenvalue weighted by Crippen LogP contribution is -2.40. The molecule has 2 N–H and O–H groups in total. The Labute approximate surface area is 102 Å². The van der Waals surface area contributed by atoms with E-state index in [0.29, 0.717) is 0 Å². The van der Waals surface area contributed by atoms with Crippen LogP contribution in [0.5, 0.6) is 0 Å². The van der Waals surface area contributed by atoms with Gasteiger partial charge in [-0.1, -0.05) is 18.5 Å². The molecule has 0 aromatic heterocycles. The smallest absolute Gasteiger partial charge is 0.326 e. The van der Waals surface area contributed by atoms with Crippen LogP contribution in [0.15, 0.2) is 18.2 Å². The minimum absolute atomic E-state index is 0.0339. The Kier molecular flexibility index (Phi) is 4.45. The molecule has 0 spiro atoms. The summed E-state index contributed by atoms with van der Waals surface area (Å²) < 4.78 is 13.1. The minimum atomic E-state index is -1.13. The maximum atomic E-state index is 13.1. The van der Waals surface area contributed by atoms with Crippen LogP contribution in [0.1, 0.15) is 23.7 Å². The van der Waals surface area contributed by atoms with Gasteiger partial charge in [-0.2, -0.15) is 0 Å². The van der Waals surface area contributed by atoms with E-state index >= 15 is 0 Å². The quantitative estimate of drug-likeness (QED) is 0.870. The highest BCUT2D eigenvalue weighted by Gasteiger charge is 2.18. The normalized spacial score (nSPS) is 11.9. The van der Waals surface area contributed by atoms with E-state index < -0.39 is 23.7 Å². The molecule has 4 nitrogen and oxygen atoms in total. The van der Waals surface area contributed by atoms with Gasteiger partial charge in [-0.15, -0.1) is 0 Å². The third-order valence-corrected chi connectivity index (χ3v) is 2.50. The van der Waals surface area contributed by atoms with E-state index in [4.69, 9.17) is 16.7 Å². The van der Waals surface area contributed by atoms with E-state index in [9.17, 15) is 14.0 Å². The SMILES string of the molecule is CCC(NC(=O)c1ccc(Cl)c(F)c1)C(=O)O. The van der Waals surface area contributed by atoms with Crippen molar-refractivity contribution in [3.8, 4) is 0 Å². The highest BCUT2D eigenvalue weighted by atomic mass is 35.5. The Hall–Kier alpha value is -1.62. The number of benzene rings is 1. The zero-order valence-electron chi connectivity index (χ0n) is 9.04. The van der Waals surface area contributed by atoms with Crippen LogP contribution >= 0.6 is 11.6 Å². The fraction of sp³-hybridized carbons (Fsp3) is 0.273. The fourth-order valence-electron chi connectivity index (χ4n) is 1.22. The Bertz CT molecular complexity index is 450. The van der Waals surface area contributed by atoms with Gasteiger partial charge in [0.2, 0.25) is 0 Å². The first-order chi connectivity index (χ1) is 7.95. The van der Waals surface area contributed by atoms with Crippen molar-refractivity contribution in [3.05, 3.63) is 34.6 Å². The van der Waals surface area contributed by atoms with Crippen LogP contribution in [0.4, 0.5) is 4.39 Å². The van der Waals surface area contributed by atoms with Gasteiger partial charge in [0, 0.05) is 5.56 Å².